The van der Waals surface area contributed by atoms with Crippen LogP contribution in [0.5, 0.6) is 0 Å². The lowest BCUT2D eigenvalue weighted by Gasteiger charge is -2.35. The Kier molecular flexibility index (Phi) is 5.57. The summed E-state index contributed by atoms with van der Waals surface area (Å²) in [5.74, 6) is -0.715. The van der Waals surface area contributed by atoms with Gasteiger partial charge in [-0.15, -0.1) is 0 Å². The smallest absolute Gasteiger partial charge is 0.352 e. The highest BCUT2D eigenvalue weighted by molar-refractivity contribution is 5.96. The zero-order valence-corrected chi connectivity index (χ0v) is 14.6. The van der Waals surface area contributed by atoms with Crippen molar-refractivity contribution in [2.45, 2.75) is 58.8 Å². The van der Waals surface area contributed by atoms with Crippen molar-refractivity contribution in [3.63, 3.8) is 0 Å². The van der Waals surface area contributed by atoms with Crippen molar-refractivity contribution in [1.82, 2.24) is 20.0 Å². The summed E-state index contributed by atoms with van der Waals surface area (Å²) in [6.07, 6.45) is -3.19. The number of halogens is 3. The van der Waals surface area contributed by atoms with E-state index in [0.29, 0.717) is 6.04 Å². The van der Waals surface area contributed by atoms with Gasteiger partial charge in [-0.3, -0.25) is 9.48 Å². The fraction of sp³-hybridized carbons (Fsp3) is 0.750. The third-order valence-electron chi connectivity index (χ3n) is 4.56. The average Bonchev–Trinajstić information content (AvgIpc) is 2.85. The van der Waals surface area contributed by atoms with Crippen molar-refractivity contribution in [1.29, 1.82) is 0 Å². The first-order valence-electron chi connectivity index (χ1n) is 8.35. The maximum absolute atomic E-state index is 13.3. The number of carbonyl (C=O) groups excluding carboxylic acids is 1. The molecule has 1 saturated heterocycles. The Morgan fingerprint density at radius 1 is 1.33 bits per heavy atom. The Hall–Kier alpha value is -1.57. The molecule has 0 radical (unpaired) electrons. The molecule has 0 aliphatic carbocycles. The van der Waals surface area contributed by atoms with Crippen LogP contribution >= 0.6 is 0 Å². The Balaban J connectivity index is 2.33. The second-order valence-corrected chi connectivity index (χ2v) is 6.47. The number of hydrogen-bond acceptors (Lipinski definition) is 3. The van der Waals surface area contributed by atoms with Crippen LogP contribution in [0.4, 0.5) is 13.2 Å². The van der Waals surface area contributed by atoms with E-state index in [4.69, 9.17) is 0 Å². The molecule has 1 aliphatic heterocycles. The molecule has 1 N–H and O–H groups in total. The van der Waals surface area contributed by atoms with E-state index in [0.717, 1.165) is 25.9 Å². The SMILES string of the molecule is CCNC(=O)c1c(C(F)(F)F)nn(C2CCN(C(C)C)CC2)c1C. The summed E-state index contributed by atoms with van der Waals surface area (Å²) in [4.78, 5) is 14.4. The fourth-order valence-corrected chi connectivity index (χ4v) is 3.24. The summed E-state index contributed by atoms with van der Waals surface area (Å²) < 4.78 is 41.3. The minimum atomic E-state index is -4.64. The van der Waals surface area contributed by atoms with E-state index >= 15 is 0 Å². The predicted molar refractivity (Wildman–Crippen MR) is 85.0 cm³/mol. The number of amides is 1. The lowest BCUT2D eigenvalue weighted by molar-refractivity contribution is -0.142. The van der Waals surface area contributed by atoms with Crippen molar-refractivity contribution in [3.05, 3.63) is 17.0 Å². The molecule has 0 unspecified atom stereocenters. The molecule has 0 saturated carbocycles. The van der Waals surface area contributed by atoms with Crippen molar-refractivity contribution in [2.24, 2.45) is 0 Å². The summed E-state index contributed by atoms with van der Waals surface area (Å²) in [7, 11) is 0. The van der Waals surface area contributed by atoms with Crippen molar-refractivity contribution in [3.8, 4) is 0 Å². The summed E-state index contributed by atoms with van der Waals surface area (Å²) >= 11 is 0. The van der Waals surface area contributed by atoms with Crippen molar-refractivity contribution >= 4 is 5.91 Å². The van der Waals surface area contributed by atoms with Gasteiger partial charge in [-0.1, -0.05) is 0 Å². The van der Waals surface area contributed by atoms with E-state index in [9.17, 15) is 18.0 Å². The van der Waals surface area contributed by atoms with Gasteiger partial charge in [-0.2, -0.15) is 18.3 Å². The van der Waals surface area contributed by atoms with E-state index in [2.05, 4.69) is 29.2 Å². The molecule has 136 valence electrons. The molecule has 0 atom stereocenters. The number of carbonyl (C=O) groups is 1. The first-order chi connectivity index (χ1) is 11.2. The molecule has 1 amide bonds. The molecular formula is C16H25F3N4O. The van der Waals surface area contributed by atoms with Crippen LogP contribution in [-0.2, 0) is 6.18 Å². The van der Waals surface area contributed by atoms with Gasteiger partial charge >= 0.3 is 6.18 Å². The molecular weight excluding hydrogens is 321 g/mol. The Labute approximate surface area is 140 Å². The molecule has 24 heavy (non-hydrogen) atoms. The van der Waals surface area contributed by atoms with Gasteiger partial charge in [0, 0.05) is 31.4 Å². The van der Waals surface area contributed by atoms with Gasteiger partial charge < -0.3 is 10.2 Å². The van der Waals surface area contributed by atoms with Crippen LogP contribution in [0.2, 0.25) is 0 Å². The van der Waals surface area contributed by atoms with Gasteiger partial charge in [0.15, 0.2) is 5.69 Å². The highest BCUT2D eigenvalue weighted by Crippen LogP contribution is 2.35. The lowest BCUT2D eigenvalue weighted by atomic mass is 10.0. The summed E-state index contributed by atoms with van der Waals surface area (Å²) in [6.45, 7) is 9.34. The molecule has 0 bridgehead atoms. The minimum absolute atomic E-state index is 0.107. The van der Waals surface area contributed by atoms with Gasteiger partial charge in [0.05, 0.1) is 11.6 Å². The van der Waals surface area contributed by atoms with Crippen LogP contribution in [0.3, 0.4) is 0 Å². The number of nitrogens with zero attached hydrogens (tertiary/aromatic N) is 3. The van der Waals surface area contributed by atoms with E-state index in [1.807, 2.05) is 0 Å². The fourth-order valence-electron chi connectivity index (χ4n) is 3.24. The third-order valence-corrected chi connectivity index (χ3v) is 4.56. The van der Waals surface area contributed by atoms with E-state index in [-0.39, 0.29) is 23.8 Å². The molecule has 0 aromatic carbocycles. The lowest BCUT2D eigenvalue weighted by Crippen LogP contribution is -2.39. The van der Waals surface area contributed by atoms with Crippen LogP contribution in [0, 0.1) is 6.92 Å². The van der Waals surface area contributed by atoms with Crippen molar-refractivity contribution in [2.75, 3.05) is 19.6 Å². The minimum Gasteiger partial charge on any atom is -0.352 e. The summed E-state index contributed by atoms with van der Waals surface area (Å²) in [5.41, 5.74) is -1.15. The molecule has 2 rings (SSSR count). The average molecular weight is 346 g/mol. The molecule has 8 heteroatoms. The maximum Gasteiger partial charge on any atom is 0.435 e. The van der Waals surface area contributed by atoms with Gasteiger partial charge in [0.2, 0.25) is 0 Å². The van der Waals surface area contributed by atoms with Crippen LogP contribution in [0.15, 0.2) is 0 Å². The normalized spacial score (nSPS) is 17.5. The first-order valence-corrected chi connectivity index (χ1v) is 8.35. The van der Waals surface area contributed by atoms with Crippen molar-refractivity contribution < 1.29 is 18.0 Å². The number of piperidine rings is 1. The Morgan fingerprint density at radius 3 is 2.38 bits per heavy atom. The maximum atomic E-state index is 13.3. The van der Waals surface area contributed by atoms with Gasteiger partial charge in [0.25, 0.3) is 5.91 Å². The molecule has 1 fully saturated rings. The van der Waals surface area contributed by atoms with Crippen LogP contribution in [0.1, 0.15) is 61.4 Å². The van der Waals surface area contributed by atoms with E-state index < -0.39 is 17.8 Å². The Bertz CT molecular complexity index is 587. The van der Waals surface area contributed by atoms with E-state index in [1.165, 1.54) is 4.68 Å². The molecule has 0 spiro atoms. The number of aromatic nitrogens is 2. The van der Waals surface area contributed by atoms with E-state index in [1.54, 1.807) is 13.8 Å². The third kappa shape index (κ3) is 3.74. The standard InChI is InChI=1S/C16H25F3N4O/c1-5-20-15(24)13-11(4)23(21-14(13)16(17,18)19)12-6-8-22(9-7-12)10(2)3/h10,12H,5-9H2,1-4H3,(H,20,24). The highest BCUT2D eigenvalue weighted by Gasteiger charge is 2.41. The molecule has 1 aliphatic rings. The topological polar surface area (TPSA) is 50.2 Å². The molecule has 2 heterocycles. The quantitative estimate of drug-likeness (QED) is 0.912. The van der Waals surface area contributed by atoms with Crippen LogP contribution in [-0.4, -0.2) is 46.3 Å². The van der Waals surface area contributed by atoms with Crippen LogP contribution < -0.4 is 5.32 Å². The molecule has 5 nitrogen and oxygen atoms in total. The highest BCUT2D eigenvalue weighted by atomic mass is 19.4. The predicted octanol–water partition coefficient (Wildman–Crippen LogP) is 3.01. The van der Waals surface area contributed by atoms with Gasteiger partial charge in [0.1, 0.15) is 0 Å². The number of nitrogens with one attached hydrogen (secondary N) is 1. The Morgan fingerprint density at radius 2 is 1.92 bits per heavy atom. The molecule has 1 aromatic rings. The largest absolute Gasteiger partial charge is 0.435 e. The second-order valence-electron chi connectivity index (χ2n) is 6.47. The van der Waals surface area contributed by atoms with Gasteiger partial charge in [-0.25, -0.2) is 0 Å². The molecule has 1 aromatic heterocycles. The number of alkyl halides is 3. The van der Waals surface area contributed by atoms with Gasteiger partial charge in [-0.05, 0) is 40.5 Å². The number of likely N-dealkylation sites (tertiary alicyclic amines) is 1. The monoisotopic (exact) mass is 346 g/mol. The summed E-state index contributed by atoms with van der Waals surface area (Å²) in [6, 6.07) is 0.311. The zero-order chi connectivity index (χ0) is 18.1. The van der Waals surface area contributed by atoms with Crippen LogP contribution in [0.25, 0.3) is 0 Å². The number of rotatable bonds is 4. The first kappa shape index (κ1) is 18.8. The number of hydrogen-bond donors (Lipinski definition) is 1. The second kappa shape index (κ2) is 7.13. The summed E-state index contributed by atoms with van der Waals surface area (Å²) in [5, 5.41) is 6.24. The zero-order valence-electron chi connectivity index (χ0n) is 14.6.